The monoisotopic (exact) mass is 468 g/mol. The fourth-order valence-corrected chi connectivity index (χ4v) is 4.88. The molecule has 0 bridgehead atoms. The van der Waals surface area contributed by atoms with Gasteiger partial charge in [0.25, 0.3) is 0 Å². The quantitative estimate of drug-likeness (QED) is 0.661. The lowest BCUT2D eigenvalue weighted by atomic mass is 9.93. The lowest BCUT2D eigenvalue weighted by Gasteiger charge is -2.40. The second kappa shape index (κ2) is 11.3. The first-order chi connectivity index (χ1) is 15.6. The number of carbonyl (C=O) groups is 2. The number of carbonyl (C=O) groups excluding carboxylic acids is 2. The molecule has 0 radical (unpaired) electrons. The van der Waals surface area contributed by atoms with Crippen LogP contribution in [0.4, 0.5) is 18.9 Å². The van der Waals surface area contributed by atoms with Crippen LogP contribution in [0.2, 0.25) is 0 Å². The van der Waals surface area contributed by atoms with Gasteiger partial charge >= 0.3 is 6.18 Å². The molecule has 3 rings (SSSR count). The molecular weight excluding hydrogens is 433 g/mol. The average Bonchev–Trinajstić information content (AvgIpc) is 2.75. The number of amides is 2. The maximum Gasteiger partial charge on any atom is 0.418 e. The van der Waals surface area contributed by atoms with Crippen molar-refractivity contribution in [2.45, 2.75) is 64.2 Å². The second-order valence-corrected chi connectivity index (χ2v) is 9.33. The van der Waals surface area contributed by atoms with Crippen LogP contribution < -0.4 is 5.32 Å². The largest absolute Gasteiger partial charge is 0.418 e. The molecule has 1 aromatic carbocycles. The van der Waals surface area contributed by atoms with Crippen molar-refractivity contribution in [2.24, 2.45) is 0 Å². The molecule has 33 heavy (non-hydrogen) atoms. The minimum atomic E-state index is -4.52. The Morgan fingerprint density at radius 1 is 1.00 bits per heavy atom. The molecule has 6 nitrogen and oxygen atoms in total. The Labute approximate surface area is 194 Å². The molecule has 1 aromatic rings. The molecule has 0 unspecified atom stereocenters. The molecule has 9 heteroatoms. The first kappa shape index (κ1) is 25.5. The summed E-state index contributed by atoms with van der Waals surface area (Å²) in [6, 6.07) is 5.49. The van der Waals surface area contributed by atoms with E-state index in [-0.39, 0.29) is 24.2 Å². The van der Waals surface area contributed by atoms with Crippen molar-refractivity contribution >= 4 is 17.5 Å². The first-order valence-corrected chi connectivity index (χ1v) is 11.9. The highest BCUT2D eigenvalue weighted by Crippen LogP contribution is 2.34. The molecule has 1 N–H and O–H groups in total. The van der Waals surface area contributed by atoms with Crippen LogP contribution in [0.3, 0.4) is 0 Å². The van der Waals surface area contributed by atoms with Gasteiger partial charge in [-0.05, 0) is 38.8 Å². The molecule has 0 aromatic heterocycles. The SMILES string of the molecule is CC(C)N(C(=O)CN1CCN(CC(=O)Nc2ccccc2C(F)(F)F)CC1)C1CCCCC1. The third kappa shape index (κ3) is 7.17. The van der Waals surface area contributed by atoms with E-state index < -0.39 is 17.6 Å². The van der Waals surface area contributed by atoms with Gasteiger partial charge in [0.1, 0.15) is 0 Å². The number of hydrogen-bond donors (Lipinski definition) is 1. The molecule has 0 atom stereocenters. The van der Waals surface area contributed by atoms with Gasteiger partial charge in [0.05, 0.1) is 24.3 Å². The Morgan fingerprint density at radius 2 is 1.58 bits per heavy atom. The van der Waals surface area contributed by atoms with E-state index in [1.165, 1.54) is 37.5 Å². The number of hydrogen-bond acceptors (Lipinski definition) is 4. The number of para-hydroxylation sites is 1. The van der Waals surface area contributed by atoms with Crippen LogP contribution in [0.25, 0.3) is 0 Å². The average molecular weight is 469 g/mol. The Morgan fingerprint density at radius 3 is 2.15 bits per heavy atom. The van der Waals surface area contributed by atoms with Gasteiger partial charge in [0, 0.05) is 38.3 Å². The van der Waals surface area contributed by atoms with Gasteiger partial charge in [-0.25, -0.2) is 0 Å². The van der Waals surface area contributed by atoms with E-state index >= 15 is 0 Å². The number of anilines is 1. The molecule has 1 aliphatic heterocycles. The molecule has 1 saturated heterocycles. The lowest BCUT2D eigenvalue weighted by Crippen LogP contribution is -2.54. The van der Waals surface area contributed by atoms with Crippen LogP contribution in [0.15, 0.2) is 24.3 Å². The minimum absolute atomic E-state index is 0.0220. The molecule has 2 aliphatic rings. The number of rotatable bonds is 7. The molecule has 1 aliphatic carbocycles. The van der Waals surface area contributed by atoms with Crippen molar-refractivity contribution in [3.8, 4) is 0 Å². The van der Waals surface area contributed by atoms with Gasteiger partial charge in [-0.1, -0.05) is 31.4 Å². The molecule has 0 spiro atoms. The topological polar surface area (TPSA) is 55.9 Å². The molecule has 2 amide bonds. The Kier molecular flexibility index (Phi) is 8.75. The van der Waals surface area contributed by atoms with Crippen LogP contribution in [-0.4, -0.2) is 77.9 Å². The minimum Gasteiger partial charge on any atom is -0.336 e. The summed E-state index contributed by atoms with van der Waals surface area (Å²) in [5.74, 6) is -0.314. The normalized spacial score (nSPS) is 19.0. The maximum absolute atomic E-state index is 13.1. The molecule has 184 valence electrons. The van der Waals surface area contributed by atoms with E-state index in [1.54, 1.807) is 0 Å². The Bertz CT molecular complexity index is 801. The Balaban J connectivity index is 1.47. The zero-order chi connectivity index (χ0) is 24.0. The first-order valence-electron chi connectivity index (χ1n) is 11.9. The number of nitrogens with zero attached hydrogens (tertiary/aromatic N) is 3. The third-order valence-electron chi connectivity index (χ3n) is 6.51. The fourth-order valence-electron chi connectivity index (χ4n) is 4.88. The third-order valence-corrected chi connectivity index (χ3v) is 6.51. The lowest BCUT2D eigenvalue weighted by molar-refractivity contribution is -0.138. The van der Waals surface area contributed by atoms with E-state index in [0.29, 0.717) is 38.8 Å². The van der Waals surface area contributed by atoms with Crippen molar-refractivity contribution < 1.29 is 22.8 Å². The van der Waals surface area contributed by atoms with Gasteiger partial charge in [-0.15, -0.1) is 0 Å². The molecule has 2 fully saturated rings. The van der Waals surface area contributed by atoms with Crippen LogP contribution in [0.5, 0.6) is 0 Å². The van der Waals surface area contributed by atoms with Crippen molar-refractivity contribution in [3.05, 3.63) is 29.8 Å². The summed E-state index contributed by atoms with van der Waals surface area (Å²) in [5, 5.41) is 2.40. The highest BCUT2D eigenvalue weighted by atomic mass is 19.4. The van der Waals surface area contributed by atoms with Crippen molar-refractivity contribution in [2.75, 3.05) is 44.6 Å². The van der Waals surface area contributed by atoms with E-state index in [4.69, 9.17) is 0 Å². The number of alkyl halides is 3. The standard InChI is InChI=1S/C24H35F3N4O2/c1-18(2)31(19-8-4-3-5-9-19)23(33)17-30-14-12-29(13-15-30)16-22(32)28-21-11-7-6-10-20(21)24(25,26)27/h6-7,10-11,18-19H,3-5,8-9,12-17H2,1-2H3,(H,28,32). The van der Waals surface area contributed by atoms with Gasteiger partial charge in [0.2, 0.25) is 11.8 Å². The van der Waals surface area contributed by atoms with Gasteiger partial charge in [-0.3, -0.25) is 19.4 Å². The van der Waals surface area contributed by atoms with Crippen molar-refractivity contribution in [3.63, 3.8) is 0 Å². The predicted molar refractivity (Wildman–Crippen MR) is 122 cm³/mol. The smallest absolute Gasteiger partial charge is 0.336 e. The van der Waals surface area contributed by atoms with Crippen LogP contribution in [0, 0.1) is 0 Å². The number of piperazine rings is 1. The van der Waals surface area contributed by atoms with Crippen LogP contribution >= 0.6 is 0 Å². The maximum atomic E-state index is 13.1. The summed E-state index contributed by atoms with van der Waals surface area (Å²) in [6.07, 6.45) is 1.22. The summed E-state index contributed by atoms with van der Waals surface area (Å²) in [7, 11) is 0. The Hall–Kier alpha value is -2.13. The van der Waals surface area contributed by atoms with E-state index in [0.717, 1.165) is 18.9 Å². The molecule has 1 saturated carbocycles. The highest BCUT2D eigenvalue weighted by molar-refractivity contribution is 5.93. The van der Waals surface area contributed by atoms with E-state index in [2.05, 4.69) is 29.0 Å². The molecular formula is C24H35F3N4O2. The number of nitrogens with one attached hydrogen (secondary N) is 1. The van der Waals surface area contributed by atoms with Crippen molar-refractivity contribution in [1.82, 2.24) is 14.7 Å². The van der Waals surface area contributed by atoms with Crippen molar-refractivity contribution in [1.29, 1.82) is 0 Å². The summed E-state index contributed by atoms with van der Waals surface area (Å²) < 4.78 is 39.4. The summed E-state index contributed by atoms with van der Waals surface area (Å²) in [6.45, 7) is 7.00. The number of benzene rings is 1. The van der Waals surface area contributed by atoms with Crippen LogP contribution in [-0.2, 0) is 15.8 Å². The van der Waals surface area contributed by atoms with Gasteiger partial charge in [-0.2, -0.15) is 13.2 Å². The summed E-state index contributed by atoms with van der Waals surface area (Å²) in [5.41, 5.74) is -1.08. The van der Waals surface area contributed by atoms with E-state index in [1.807, 2.05) is 4.90 Å². The van der Waals surface area contributed by atoms with E-state index in [9.17, 15) is 22.8 Å². The van der Waals surface area contributed by atoms with Crippen LogP contribution in [0.1, 0.15) is 51.5 Å². The second-order valence-electron chi connectivity index (χ2n) is 9.33. The fraction of sp³-hybridized carbons (Fsp3) is 0.667. The highest BCUT2D eigenvalue weighted by Gasteiger charge is 2.34. The van der Waals surface area contributed by atoms with Gasteiger partial charge < -0.3 is 10.2 Å². The summed E-state index contributed by atoms with van der Waals surface area (Å²) in [4.78, 5) is 31.5. The predicted octanol–water partition coefficient (Wildman–Crippen LogP) is 3.83. The zero-order valence-electron chi connectivity index (χ0n) is 19.5. The zero-order valence-corrected chi connectivity index (χ0v) is 19.5. The summed E-state index contributed by atoms with van der Waals surface area (Å²) >= 11 is 0. The number of halogens is 3. The van der Waals surface area contributed by atoms with Gasteiger partial charge in [0.15, 0.2) is 0 Å². The molecule has 1 heterocycles.